The molecule has 3 heteroatoms. The number of benzene rings is 1. The first-order valence-electron chi connectivity index (χ1n) is 7.76. The summed E-state index contributed by atoms with van der Waals surface area (Å²) in [6.07, 6.45) is 2.29. The summed E-state index contributed by atoms with van der Waals surface area (Å²) in [7, 11) is 1.76. The molecule has 0 amide bonds. The van der Waals surface area contributed by atoms with Gasteiger partial charge in [-0.3, -0.25) is 0 Å². The number of rotatable bonds is 7. The highest BCUT2D eigenvalue weighted by molar-refractivity contribution is 5.56. The molecule has 2 rings (SSSR count). The first-order valence-corrected chi connectivity index (χ1v) is 7.76. The van der Waals surface area contributed by atoms with Gasteiger partial charge in [-0.2, -0.15) is 0 Å². The molecule has 2 unspecified atom stereocenters. The van der Waals surface area contributed by atoms with Crippen LogP contribution in [0.5, 0.6) is 0 Å². The van der Waals surface area contributed by atoms with Gasteiger partial charge in [0.2, 0.25) is 0 Å². The molecule has 0 aliphatic carbocycles. The number of anilines is 1. The number of para-hydroxylation sites is 1. The smallest absolute Gasteiger partial charge is 0.0474 e. The van der Waals surface area contributed by atoms with Crippen LogP contribution < -0.4 is 10.2 Å². The molecule has 112 valence electrons. The standard InChI is InChI=1S/C17H28N2O/c1-14-11-16-7-4-5-8-17(16)19(13-14)15(2)12-18-9-6-10-20-3/h4-5,7-8,14-15,18H,6,9-13H2,1-3H3. The third-order valence-electron chi connectivity index (χ3n) is 4.05. The van der Waals surface area contributed by atoms with E-state index in [1.54, 1.807) is 7.11 Å². The molecule has 0 radical (unpaired) electrons. The van der Waals surface area contributed by atoms with Crippen molar-refractivity contribution < 1.29 is 4.74 Å². The molecule has 1 aromatic rings. The lowest BCUT2D eigenvalue weighted by Gasteiger charge is -2.39. The fourth-order valence-corrected chi connectivity index (χ4v) is 3.02. The topological polar surface area (TPSA) is 24.5 Å². The maximum Gasteiger partial charge on any atom is 0.0474 e. The Morgan fingerprint density at radius 3 is 3.00 bits per heavy atom. The van der Waals surface area contributed by atoms with Crippen LogP contribution in [0.2, 0.25) is 0 Å². The quantitative estimate of drug-likeness (QED) is 0.775. The molecule has 1 aliphatic heterocycles. The molecule has 2 atom stereocenters. The zero-order valence-corrected chi connectivity index (χ0v) is 13.1. The van der Waals surface area contributed by atoms with E-state index in [4.69, 9.17) is 4.74 Å². The van der Waals surface area contributed by atoms with E-state index < -0.39 is 0 Å². The van der Waals surface area contributed by atoms with Crippen LogP contribution in [0.1, 0.15) is 25.8 Å². The summed E-state index contributed by atoms with van der Waals surface area (Å²) in [6, 6.07) is 9.38. The Balaban J connectivity index is 1.91. The predicted octanol–water partition coefficient (Wildman–Crippen LogP) is 2.70. The van der Waals surface area contributed by atoms with Gasteiger partial charge in [0.05, 0.1) is 0 Å². The Bertz CT molecular complexity index is 408. The fraction of sp³-hybridized carbons (Fsp3) is 0.647. The first kappa shape index (κ1) is 15.3. The number of hydrogen-bond acceptors (Lipinski definition) is 3. The number of methoxy groups -OCH3 is 1. The SMILES string of the molecule is COCCCNCC(C)N1CC(C)Cc2ccccc21. The van der Waals surface area contributed by atoms with Gasteiger partial charge in [-0.25, -0.2) is 0 Å². The molecule has 1 heterocycles. The van der Waals surface area contributed by atoms with Crippen LogP contribution in [0.4, 0.5) is 5.69 Å². The van der Waals surface area contributed by atoms with Crippen LogP contribution in [0.25, 0.3) is 0 Å². The van der Waals surface area contributed by atoms with Gasteiger partial charge in [0, 0.05) is 38.5 Å². The number of ether oxygens (including phenoxy) is 1. The summed E-state index contributed by atoms with van der Waals surface area (Å²) in [5, 5.41) is 3.54. The van der Waals surface area contributed by atoms with E-state index in [0.29, 0.717) is 6.04 Å². The van der Waals surface area contributed by atoms with Crippen molar-refractivity contribution in [2.45, 2.75) is 32.7 Å². The van der Waals surface area contributed by atoms with Crippen LogP contribution in [0, 0.1) is 5.92 Å². The highest BCUT2D eigenvalue weighted by atomic mass is 16.5. The number of nitrogens with zero attached hydrogens (tertiary/aromatic N) is 1. The fourth-order valence-electron chi connectivity index (χ4n) is 3.02. The van der Waals surface area contributed by atoms with Crippen LogP contribution >= 0.6 is 0 Å². The Hall–Kier alpha value is -1.06. The molecule has 0 fully saturated rings. The third-order valence-corrected chi connectivity index (χ3v) is 4.05. The van der Waals surface area contributed by atoms with Crippen LogP contribution in [0.15, 0.2) is 24.3 Å². The summed E-state index contributed by atoms with van der Waals surface area (Å²) in [5.41, 5.74) is 2.93. The molecule has 0 spiro atoms. The van der Waals surface area contributed by atoms with Crippen LogP contribution in [0.3, 0.4) is 0 Å². The molecule has 3 nitrogen and oxygen atoms in total. The monoisotopic (exact) mass is 276 g/mol. The van der Waals surface area contributed by atoms with Crippen molar-refractivity contribution in [1.82, 2.24) is 5.32 Å². The largest absolute Gasteiger partial charge is 0.385 e. The van der Waals surface area contributed by atoms with Gasteiger partial charge in [0.1, 0.15) is 0 Å². The zero-order valence-electron chi connectivity index (χ0n) is 13.1. The summed E-state index contributed by atoms with van der Waals surface area (Å²) in [6.45, 7) is 8.73. The van der Waals surface area contributed by atoms with Crippen molar-refractivity contribution in [2.75, 3.05) is 38.3 Å². The highest BCUT2D eigenvalue weighted by Crippen LogP contribution is 2.30. The maximum atomic E-state index is 5.08. The Kier molecular flexibility index (Phi) is 5.86. The minimum Gasteiger partial charge on any atom is -0.385 e. The van der Waals surface area contributed by atoms with E-state index in [1.165, 1.54) is 17.7 Å². The Labute approximate surface area is 123 Å². The molecule has 1 aliphatic rings. The number of nitrogens with one attached hydrogen (secondary N) is 1. The highest BCUT2D eigenvalue weighted by Gasteiger charge is 2.24. The van der Waals surface area contributed by atoms with Crippen molar-refractivity contribution in [3.05, 3.63) is 29.8 Å². The van der Waals surface area contributed by atoms with Gasteiger partial charge >= 0.3 is 0 Å². The predicted molar refractivity (Wildman–Crippen MR) is 85.5 cm³/mol. The number of hydrogen-bond donors (Lipinski definition) is 1. The lowest BCUT2D eigenvalue weighted by molar-refractivity contribution is 0.194. The van der Waals surface area contributed by atoms with Gasteiger partial charge < -0.3 is 15.0 Å². The Morgan fingerprint density at radius 1 is 1.40 bits per heavy atom. The van der Waals surface area contributed by atoms with E-state index in [9.17, 15) is 0 Å². The molecular formula is C17H28N2O. The van der Waals surface area contributed by atoms with Gasteiger partial charge in [0.15, 0.2) is 0 Å². The zero-order chi connectivity index (χ0) is 14.4. The van der Waals surface area contributed by atoms with Crippen molar-refractivity contribution in [3.8, 4) is 0 Å². The molecule has 0 saturated carbocycles. The molecule has 1 aromatic carbocycles. The van der Waals surface area contributed by atoms with Gasteiger partial charge in [-0.05, 0) is 43.9 Å². The Morgan fingerprint density at radius 2 is 2.20 bits per heavy atom. The minimum atomic E-state index is 0.529. The van der Waals surface area contributed by atoms with Gasteiger partial charge in [0.25, 0.3) is 0 Å². The van der Waals surface area contributed by atoms with E-state index in [2.05, 4.69) is 48.3 Å². The summed E-state index contributed by atoms with van der Waals surface area (Å²) in [4.78, 5) is 2.56. The average molecular weight is 276 g/mol. The van der Waals surface area contributed by atoms with Crippen molar-refractivity contribution >= 4 is 5.69 Å². The van der Waals surface area contributed by atoms with Gasteiger partial charge in [-0.15, -0.1) is 0 Å². The summed E-state index contributed by atoms with van der Waals surface area (Å²) >= 11 is 0. The summed E-state index contributed by atoms with van der Waals surface area (Å²) < 4.78 is 5.08. The summed E-state index contributed by atoms with van der Waals surface area (Å²) in [5.74, 6) is 0.737. The van der Waals surface area contributed by atoms with Crippen molar-refractivity contribution in [2.24, 2.45) is 5.92 Å². The second-order valence-electron chi connectivity index (χ2n) is 5.99. The van der Waals surface area contributed by atoms with Crippen molar-refractivity contribution in [1.29, 1.82) is 0 Å². The third kappa shape index (κ3) is 3.97. The van der Waals surface area contributed by atoms with Crippen molar-refractivity contribution in [3.63, 3.8) is 0 Å². The van der Waals surface area contributed by atoms with Crippen LogP contribution in [-0.4, -0.2) is 39.4 Å². The minimum absolute atomic E-state index is 0.529. The first-order chi connectivity index (χ1) is 9.72. The molecule has 0 bridgehead atoms. The molecule has 1 N–H and O–H groups in total. The van der Waals surface area contributed by atoms with E-state index in [-0.39, 0.29) is 0 Å². The maximum absolute atomic E-state index is 5.08. The second kappa shape index (κ2) is 7.65. The molecule has 0 aromatic heterocycles. The number of fused-ring (bicyclic) bond motifs is 1. The van der Waals surface area contributed by atoms with E-state index in [1.807, 2.05) is 0 Å². The lowest BCUT2D eigenvalue weighted by Crippen LogP contribution is -2.45. The normalized spacial score (nSPS) is 19.8. The average Bonchev–Trinajstić information content (AvgIpc) is 2.46. The van der Waals surface area contributed by atoms with Gasteiger partial charge in [-0.1, -0.05) is 25.1 Å². The molecule has 0 saturated heterocycles. The van der Waals surface area contributed by atoms with Crippen LogP contribution in [-0.2, 0) is 11.2 Å². The van der Waals surface area contributed by atoms with E-state index >= 15 is 0 Å². The molecule has 20 heavy (non-hydrogen) atoms. The molecular weight excluding hydrogens is 248 g/mol. The van der Waals surface area contributed by atoms with E-state index in [0.717, 1.165) is 38.6 Å². The lowest BCUT2D eigenvalue weighted by atomic mass is 9.93. The second-order valence-corrected chi connectivity index (χ2v) is 5.99.